The summed E-state index contributed by atoms with van der Waals surface area (Å²) in [5, 5.41) is 4.17. The number of nitrogens with one attached hydrogen (secondary N) is 1. The van der Waals surface area contributed by atoms with Gasteiger partial charge in [0, 0.05) is 5.33 Å². The molecule has 0 aromatic heterocycles. The quantitative estimate of drug-likeness (QED) is 0.117. The molecule has 0 spiro atoms. The smallest absolute Gasteiger partial charge is 0.0704 e. The molecule has 1 rings (SSSR count). The Morgan fingerprint density at radius 3 is 1.06 bits per heavy atom. The summed E-state index contributed by atoms with van der Waals surface area (Å²) in [5.41, 5.74) is 0. The fourth-order valence-electron chi connectivity index (χ4n) is 2.93. The molecule has 0 saturated carbocycles. The topological polar surface area (TPSA) is 95.1 Å². The van der Waals surface area contributed by atoms with Crippen LogP contribution in [0.5, 0.6) is 0 Å². The van der Waals surface area contributed by atoms with Crippen molar-refractivity contribution < 1.29 is 42.6 Å². The summed E-state index contributed by atoms with van der Waals surface area (Å²) in [6.45, 7) is 11.8. The lowest BCUT2D eigenvalue weighted by Gasteiger charge is -2.22. The Labute approximate surface area is 213 Å². The fraction of sp³-hybridized carbons (Fsp3) is 1.00. The highest BCUT2D eigenvalue weighted by Crippen LogP contribution is 2.06. The zero-order valence-corrected chi connectivity index (χ0v) is 22.3. The van der Waals surface area contributed by atoms with Gasteiger partial charge in [-0.1, -0.05) is 15.9 Å². The minimum Gasteiger partial charge on any atom is -0.378 e. The zero-order chi connectivity index (χ0) is 24.2. The SMILES string of the molecule is BrCCOCCOCCOCCOCCOCCOCCOCCOCCOC1CCNCC1. The zero-order valence-electron chi connectivity index (χ0n) is 20.7. The molecule has 0 aromatic rings. The van der Waals surface area contributed by atoms with Gasteiger partial charge in [-0.2, -0.15) is 0 Å². The predicted molar refractivity (Wildman–Crippen MR) is 132 cm³/mol. The van der Waals surface area contributed by atoms with E-state index in [4.69, 9.17) is 42.6 Å². The van der Waals surface area contributed by atoms with Crippen molar-refractivity contribution in [3.05, 3.63) is 0 Å². The van der Waals surface area contributed by atoms with Crippen LogP contribution in [0.2, 0.25) is 0 Å². The van der Waals surface area contributed by atoms with Gasteiger partial charge in [-0.15, -0.1) is 0 Å². The van der Waals surface area contributed by atoms with Crippen LogP contribution in [0.3, 0.4) is 0 Å². The number of hydrogen-bond acceptors (Lipinski definition) is 10. The van der Waals surface area contributed by atoms with Crippen LogP contribution in [0.25, 0.3) is 0 Å². The van der Waals surface area contributed by atoms with Crippen LogP contribution in [-0.4, -0.2) is 137 Å². The Hall–Kier alpha value is 0.0800. The molecular formula is C23H46BrNO9. The van der Waals surface area contributed by atoms with Crippen molar-refractivity contribution in [2.24, 2.45) is 0 Å². The van der Waals surface area contributed by atoms with E-state index >= 15 is 0 Å². The molecular weight excluding hydrogens is 514 g/mol. The van der Waals surface area contributed by atoms with E-state index in [2.05, 4.69) is 21.2 Å². The number of halogens is 1. The van der Waals surface area contributed by atoms with E-state index in [0.29, 0.717) is 118 Å². The van der Waals surface area contributed by atoms with Gasteiger partial charge < -0.3 is 47.9 Å². The van der Waals surface area contributed by atoms with E-state index in [1.165, 1.54) is 0 Å². The van der Waals surface area contributed by atoms with Crippen molar-refractivity contribution in [3.8, 4) is 0 Å². The van der Waals surface area contributed by atoms with Crippen molar-refractivity contribution in [2.45, 2.75) is 18.9 Å². The van der Waals surface area contributed by atoms with Gasteiger partial charge in [-0.3, -0.25) is 0 Å². The van der Waals surface area contributed by atoms with Crippen LogP contribution in [0.4, 0.5) is 0 Å². The summed E-state index contributed by atoms with van der Waals surface area (Å²) >= 11 is 3.30. The van der Waals surface area contributed by atoms with Crippen LogP contribution >= 0.6 is 15.9 Å². The molecule has 0 atom stereocenters. The van der Waals surface area contributed by atoms with Gasteiger partial charge in [0.25, 0.3) is 0 Å². The average molecular weight is 561 g/mol. The highest BCUT2D eigenvalue weighted by atomic mass is 79.9. The van der Waals surface area contributed by atoms with E-state index in [9.17, 15) is 0 Å². The minimum absolute atomic E-state index is 0.380. The number of hydrogen-bond donors (Lipinski definition) is 1. The summed E-state index contributed by atoms with van der Waals surface area (Å²) in [7, 11) is 0. The van der Waals surface area contributed by atoms with E-state index in [1.807, 2.05) is 0 Å². The molecule has 1 heterocycles. The average Bonchev–Trinajstić information content (AvgIpc) is 2.87. The molecule has 204 valence electrons. The van der Waals surface area contributed by atoms with Crippen molar-refractivity contribution in [2.75, 3.05) is 131 Å². The molecule has 34 heavy (non-hydrogen) atoms. The molecule has 0 aliphatic carbocycles. The van der Waals surface area contributed by atoms with E-state index in [1.54, 1.807) is 0 Å². The molecule has 1 aliphatic heterocycles. The maximum absolute atomic E-state index is 5.78. The highest BCUT2D eigenvalue weighted by molar-refractivity contribution is 9.09. The summed E-state index contributed by atoms with van der Waals surface area (Å²) in [4.78, 5) is 0. The van der Waals surface area contributed by atoms with E-state index in [-0.39, 0.29) is 0 Å². The first-order chi connectivity index (χ1) is 16.9. The van der Waals surface area contributed by atoms with E-state index in [0.717, 1.165) is 31.3 Å². The second-order valence-electron chi connectivity index (χ2n) is 7.41. The first-order valence-electron chi connectivity index (χ1n) is 12.4. The molecule has 0 bridgehead atoms. The van der Waals surface area contributed by atoms with Crippen LogP contribution < -0.4 is 5.32 Å². The van der Waals surface area contributed by atoms with Crippen LogP contribution in [-0.2, 0) is 42.6 Å². The van der Waals surface area contributed by atoms with Gasteiger partial charge >= 0.3 is 0 Å². The first-order valence-corrected chi connectivity index (χ1v) is 13.6. The Kier molecular flexibility index (Phi) is 26.1. The highest BCUT2D eigenvalue weighted by Gasteiger charge is 2.12. The molecule has 0 aromatic carbocycles. The van der Waals surface area contributed by atoms with Crippen molar-refractivity contribution >= 4 is 15.9 Å². The molecule has 1 aliphatic rings. The normalized spacial score (nSPS) is 14.7. The summed E-state index contributed by atoms with van der Waals surface area (Å²) < 4.78 is 49.2. The number of piperidine rings is 1. The monoisotopic (exact) mass is 559 g/mol. The van der Waals surface area contributed by atoms with Gasteiger partial charge in [0.15, 0.2) is 0 Å². The standard InChI is InChI=1S/C23H46BrNO9/c24-3-6-26-7-8-27-9-10-28-11-12-29-13-14-30-15-16-31-17-18-32-19-20-33-21-22-34-23-1-4-25-5-2-23/h23,25H,1-22H2. The fourth-order valence-corrected chi connectivity index (χ4v) is 3.16. The Morgan fingerprint density at radius 2 is 0.735 bits per heavy atom. The van der Waals surface area contributed by atoms with E-state index < -0.39 is 0 Å². The third-order valence-corrected chi connectivity index (χ3v) is 5.02. The Morgan fingerprint density at radius 1 is 0.441 bits per heavy atom. The maximum Gasteiger partial charge on any atom is 0.0704 e. The number of ether oxygens (including phenoxy) is 9. The largest absolute Gasteiger partial charge is 0.378 e. The Balaban J connectivity index is 1.61. The lowest BCUT2D eigenvalue weighted by atomic mass is 10.1. The summed E-state index contributed by atoms with van der Waals surface area (Å²) in [6, 6.07) is 0. The maximum atomic E-state index is 5.78. The van der Waals surface area contributed by atoms with Crippen LogP contribution in [0, 0.1) is 0 Å². The van der Waals surface area contributed by atoms with Gasteiger partial charge in [-0.05, 0) is 25.9 Å². The van der Waals surface area contributed by atoms with Crippen LogP contribution in [0.15, 0.2) is 0 Å². The molecule has 0 amide bonds. The summed E-state index contributed by atoms with van der Waals surface area (Å²) in [6.07, 6.45) is 2.55. The second kappa shape index (κ2) is 27.7. The summed E-state index contributed by atoms with van der Waals surface area (Å²) in [5.74, 6) is 0. The van der Waals surface area contributed by atoms with Gasteiger partial charge in [0.05, 0.1) is 118 Å². The number of alkyl halides is 1. The molecule has 10 nitrogen and oxygen atoms in total. The molecule has 0 radical (unpaired) electrons. The number of rotatable bonds is 27. The van der Waals surface area contributed by atoms with Crippen molar-refractivity contribution in [3.63, 3.8) is 0 Å². The molecule has 1 saturated heterocycles. The van der Waals surface area contributed by atoms with Crippen molar-refractivity contribution in [1.29, 1.82) is 0 Å². The van der Waals surface area contributed by atoms with Crippen molar-refractivity contribution in [1.82, 2.24) is 5.32 Å². The van der Waals surface area contributed by atoms with Gasteiger partial charge in [0.2, 0.25) is 0 Å². The predicted octanol–water partition coefficient (Wildman–Crippen LogP) is 1.28. The van der Waals surface area contributed by atoms with Crippen LogP contribution in [0.1, 0.15) is 12.8 Å². The molecule has 1 N–H and O–H groups in total. The Bertz CT molecular complexity index is 393. The molecule has 11 heteroatoms. The van der Waals surface area contributed by atoms with Gasteiger partial charge in [-0.25, -0.2) is 0 Å². The lowest BCUT2D eigenvalue weighted by molar-refractivity contribution is -0.0317. The van der Waals surface area contributed by atoms with Gasteiger partial charge in [0.1, 0.15) is 0 Å². The molecule has 1 fully saturated rings. The minimum atomic E-state index is 0.380. The lowest BCUT2D eigenvalue weighted by Crippen LogP contribution is -2.33. The second-order valence-corrected chi connectivity index (χ2v) is 8.20. The first kappa shape index (κ1) is 32.1. The third-order valence-electron chi connectivity index (χ3n) is 4.69. The third kappa shape index (κ3) is 23.8. The molecule has 0 unspecified atom stereocenters.